The molecule has 1 aliphatic heterocycles. The Morgan fingerprint density at radius 3 is 2.45 bits per heavy atom. The van der Waals surface area contributed by atoms with Crippen LogP contribution in [0, 0.1) is 11.3 Å². The van der Waals surface area contributed by atoms with Gasteiger partial charge in [0.15, 0.2) is 5.90 Å². The standard InChI is InChI=1S/C17H25NO4/c1-11-15(20-10-14-8-6-5-7-9-14)16(19-4)12(2)21-17(11)22-13(3)18/h5-9,11-12,15-18H,10H2,1-4H3/t11-,12-,15-,16-,17?/m1/s1. The van der Waals surface area contributed by atoms with Gasteiger partial charge in [0.1, 0.15) is 6.10 Å². The van der Waals surface area contributed by atoms with E-state index < -0.39 is 6.29 Å². The lowest BCUT2D eigenvalue weighted by molar-refractivity contribution is -0.266. The van der Waals surface area contributed by atoms with Crippen molar-refractivity contribution in [3.05, 3.63) is 35.9 Å². The summed E-state index contributed by atoms with van der Waals surface area (Å²) in [7, 11) is 1.67. The van der Waals surface area contributed by atoms with Crippen LogP contribution < -0.4 is 0 Å². The fourth-order valence-corrected chi connectivity index (χ4v) is 2.78. The maximum absolute atomic E-state index is 7.51. The summed E-state index contributed by atoms with van der Waals surface area (Å²) >= 11 is 0. The monoisotopic (exact) mass is 307 g/mol. The van der Waals surface area contributed by atoms with Gasteiger partial charge in [0.05, 0.1) is 18.8 Å². The number of methoxy groups -OCH3 is 1. The molecular formula is C17H25NO4. The quantitative estimate of drug-likeness (QED) is 0.671. The summed E-state index contributed by atoms with van der Waals surface area (Å²) in [5.41, 5.74) is 1.12. The fourth-order valence-electron chi connectivity index (χ4n) is 2.78. The molecule has 2 rings (SSSR count). The van der Waals surface area contributed by atoms with Crippen LogP contribution in [0.15, 0.2) is 30.3 Å². The van der Waals surface area contributed by atoms with Crippen LogP contribution in [0.3, 0.4) is 0 Å². The highest BCUT2D eigenvalue weighted by molar-refractivity contribution is 5.69. The van der Waals surface area contributed by atoms with Crippen LogP contribution in [-0.2, 0) is 25.6 Å². The number of hydrogen-bond donors (Lipinski definition) is 1. The zero-order valence-electron chi connectivity index (χ0n) is 13.6. The molecule has 0 bridgehead atoms. The van der Waals surface area contributed by atoms with Gasteiger partial charge in [0, 0.05) is 20.0 Å². The van der Waals surface area contributed by atoms with Crippen LogP contribution in [0.2, 0.25) is 0 Å². The van der Waals surface area contributed by atoms with E-state index in [0.717, 1.165) is 5.56 Å². The van der Waals surface area contributed by atoms with Gasteiger partial charge in [-0.25, -0.2) is 0 Å². The van der Waals surface area contributed by atoms with Gasteiger partial charge in [0.25, 0.3) is 0 Å². The average Bonchev–Trinajstić information content (AvgIpc) is 2.49. The summed E-state index contributed by atoms with van der Waals surface area (Å²) < 4.78 is 23.0. The number of ether oxygens (including phenoxy) is 4. The molecule has 0 saturated carbocycles. The van der Waals surface area contributed by atoms with Crippen molar-refractivity contribution in [2.45, 2.75) is 52.0 Å². The minimum atomic E-state index is -0.486. The van der Waals surface area contributed by atoms with E-state index in [-0.39, 0.29) is 30.1 Å². The van der Waals surface area contributed by atoms with Gasteiger partial charge in [-0.15, -0.1) is 0 Å². The molecule has 122 valence electrons. The van der Waals surface area contributed by atoms with Gasteiger partial charge in [-0.2, -0.15) is 0 Å². The normalized spacial score (nSPS) is 31.7. The Morgan fingerprint density at radius 2 is 1.86 bits per heavy atom. The number of hydrogen-bond acceptors (Lipinski definition) is 5. The molecule has 0 aliphatic carbocycles. The van der Waals surface area contributed by atoms with Gasteiger partial charge in [-0.1, -0.05) is 37.3 Å². The highest BCUT2D eigenvalue weighted by Gasteiger charge is 2.44. The molecule has 0 aromatic heterocycles. The van der Waals surface area contributed by atoms with Gasteiger partial charge >= 0.3 is 0 Å². The molecule has 5 atom stereocenters. The molecule has 1 heterocycles. The second-order valence-corrected chi connectivity index (χ2v) is 5.70. The van der Waals surface area contributed by atoms with Crippen LogP contribution in [0.25, 0.3) is 0 Å². The van der Waals surface area contributed by atoms with Crippen molar-refractivity contribution in [3.8, 4) is 0 Å². The lowest BCUT2D eigenvalue weighted by Crippen LogP contribution is -2.55. The summed E-state index contributed by atoms with van der Waals surface area (Å²) in [6.45, 7) is 6.05. The van der Waals surface area contributed by atoms with E-state index in [2.05, 4.69) is 0 Å². The smallest absolute Gasteiger partial charge is 0.206 e. The topological polar surface area (TPSA) is 60.8 Å². The first-order valence-electron chi connectivity index (χ1n) is 7.58. The lowest BCUT2D eigenvalue weighted by atomic mass is 9.92. The predicted octanol–water partition coefficient (Wildman–Crippen LogP) is 2.98. The second-order valence-electron chi connectivity index (χ2n) is 5.70. The first-order valence-corrected chi connectivity index (χ1v) is 7.58. The Kier molecular flexibility index (Phi) is 5.94. The molecule has 1 unspecified atom stereocenters. The Bertz CT molecular complexity index is 479. The van der Waals surface area contributed by atoms with Crippen molar-refractivity contribution in [1.82, 2.24) is 0 Å². The molecule has 1 fully saturated rings. The summed E-state index contributed by atoms with van der Waals surface area (Å²) in [6, 6.07) is 10.0. The third kappa shape index (κ3) is 4.06. The summed E-state index contributed by atoms with van der Waals surface area (Å²) in [5, 5.41) is 7.51. The number of benzene rings is 1. The van der Waals surface area contributed by atoms with Gasteiger partial charge in [-0.3, -0.25) is 5.41 Å². The van der Waals surface area contributed by atoms with Crippen LogP contribution in [-0.4, -0.2) is 37.6 Å². The first-order chi connectivity index (χ1) is 10.5. The van der Waals surface area contributed by atoms with Crippen molar-refractivity contribution in [2.75, 3.05) is 7.11 Å². The summed E-state index contributed by atoms with van der Waals surface area (Å²) in [6.07, 6.45) is -0.964. The van der Waals surface area contributed by atoms with Crippen LogP contribution in [0.1, 0.15) is 26.3 Å². The van der Waals surface area contributed by atoms with Crippen LogP contribution in [0.4, 0.5) is 0 Å². The Balaban J connectivity index is 2.07. The zero-order chi connectivity index (χ0) is 16.1. The molecule has 5 heteroatoms. The fraction of sp³-hybridized carbons (Fsp3) is 0.588. The van der Waals surface area contributed by atoms with Crippen LogP contribution >= 0.6 is 0 Å². The SMILES string of the molecule is CO[C@H]1[C@H](OCc2ccccc2)[C@@H](C)C(OC(C)=N)O[C@@H]1C. The molecule has 1 N–H and O–H groups in total. The van der Waals surface area contributed by atoms with E-state index in [4.69, 9.17) is 24.4 Å². The Hall–Kier alpha value is -1.43. The summed E-state index contributed by atoms with van der Waals surface area (Å²) in [4.78, 5) is 0. The molecule has 1 aromatic carbocycles. The minimum Gasteiger partial charge on any atom is -0.452 e. The molecule has 0 radical (unpaired) electrons. The number of nitrogens with one attached hydrogen (secondary N) is 1. The van der Waals surface area contributed by atoms with Gasteiger partial charge < -0.3 is 18.9 Å². The highest BCUT2D eigenvalue weighted by atomic mass is 16.7. The van der Waals surface area contributed by atoms with Gasteiger partial charge in [-0.05, 0) is 12.5 Å². The van der Waals surface area contributed by atoms with E-state index in [9.17, 15) is 0 Å². The molecule has 22 heavy (non-hydrogen) atoms. The maximum atomic E-state index is 7.51. The average molecular weight is 307 g/mol. The van der Waals surface area contributed by atoms with Crippen LogP contribution in [0.5, 0.6) is 0 Å². The van der Waals surface area contributed by atoms with E-state index in [0.29, 0.717) is 6.61 Å². The number of rotatable bonds is 5. The molecular weight excluding hydrogens is 282 g/mol. The zero-order valence-corrected chi connectivity index (χ0v) is 13.6. The second kappa shape index (κ2) is 7.72. The van der Waals surface area contributed by atoms with Crippen molar-refractivity contribution in [3.63, 3.8) is 0 Å². The van der Waals surface area contributed by atoms with Crippen molar-refractivity contribution < 1.29 is 18.9 Å². The third-order valence-corrected chi connectivity index (χ3v) is 3.93. The van der Waals surface area contributed by atoms with Gasteiger partial charge in [0.2, 0.25) is 6.29 Å². The minimum absolute atomic E-state index is 0.0369. The highest BCUT2D eigenvalue weighted by Crippen LogP contribution is 2.31. The predicted molar refractivity (Wildman–Crippen MR) is 83.8 cm³/mol. The van der Waals surface area contributed by atoms with Crippen molar-refractivity contribution >= 4 is 5.90 Å². The van der Waals surface area contributed by atoms with Crippen molar-refractivity contribution in [1.29, 1.82) is 5.41 Å². The molecule has 1 aliphatic rings. The Labute approximate surface area is 132 Å². The molecule has 1 aromatic rings. The van der Waals surface area contributed by atoms with E-state index in [1.807, 2.05) is 44.2 Å². The van der Waals surface area contributed by atoms with E-state index in [1.165, 1.54) is 0 Å². The largest absolute Gasteiger partial charge is 0.452 e. The van der Waals surface area contributed by atoms with Crippen molar-refractivity contribution in [2.24, 2.45) is 5.92 Å². The maximum Gasteiger partial charge on any atom is 0.206 e. The van der Waals surface area contributed by atoms with E-state index in [1.54, 1.807) is 14.0 Å². The lowest BCUT2D eigenvalue weighted by Gasteiger charge is -2.43. The Morgan fingerprint density at radius 1 is 1.18 bits per heavy atom. The van der Waals surface area contributed by atoms with E-state index >= 15 is 0 Å². The summed E-state index contributed by atoms with van der Waals surface area (Å²) in [5.74, 6) is 0.104. The third-order valence-electron chi connectivity index (χ3n) is 3.93. The molecule has 5 nitrogen and oxygen atoms in total. The first kappa shape index (κ1) is 16.9. The molecule has 0 amide bonds. The molecule has 0 spiro atoms. The molecule has 1 saturated heterocycles.